The summed E-state index contributed by atoms with van der Waals surface area (Å²) in [5, 5.41) is 17.4. The Balaban J connectivity index is 2.90. The first kappa shape index (κ1) is 12.6. The molecule has 0 aromatic carbocycles. The molecular formula is C10H18N4O2. The van der Waals surface area contributed by atoms with E-state index in [4.69, 9.17) is 0 Å². The highest BCUT2D eigenvalue weighted by molar-refractivity contribution is 5.79. The van der Waals surface area contributed by atoms with Crippen molar-refractivity contribution in [1.82, 2.24) is 19.9 Å². The molecule has 0 aliphatic heterocycles. The third kappa shape index (κ3) is 2.57. The third-order valence-electron chi connectivity index (χ3n) is 2.33. The zero-order chi connectivity index (χ0) is 12.5. The van der Waals surface area contributed by atoms with Gasteiger partial charge in [-0.3, -0.25) is 4.79 Å². The van der Waals surface area contributed by atoms with Crippen LogP contribution in [0.15, 0.2) is 6.20 Å². The molecule has 0 aliphatic rings. The van der Waals surface area contributed by atoms with E-state index in [2.05, 4.69) is 10.3 Å². The molecule has 0 fully saturated rings. The molecule has 0 spiro atoms. The van der Waals surface area contributed by atoms with E-state index >= 15 is 0 Å². The normalized spacial score (nSPS) is 13.6. The average molecular weight is 226 g/mol. The predicted molar refractivity (Wildman–Crippen MR) is 58.7 cm³/mol. The molecule has 0 aliphatic carbocycles. The number of aliphatic hydroxyl groups is 1. The lowest BCUT2D eigenvalue weighted by Crippen LogP contribution is -2.30. The fourth-order valence-electron chi connectivity index (χ4n) is 1.23. The number of hydrogen-bond acceptors (Lipinski definition) is 4. The van der Waals surface area contributed by atoms with E-state index in [1.165, 1.54) is 9.58 Å². The van der Waals surface area contributed by atoms with Crippen molar-refractivity contribution in [3.8, 4) is 0 Å². The van der Waals surface area contributed by atoms with Crippen molar-refractivity contribution >= 4 is 5.91 Å². The maximum atomic E-state index is 11.7. The molecular weight excluding hydrogens is 208 g/mol. The van der Waals surface area contributed by atoms with Crippen LogP contribution in [0.3, 0.4) is 0 Å². The molecule has 6 heteroatoms. The number of rotatable bonds is 3. The Morgan fingerprint density at radius 2 is 2.12 bits per heavy atom. The van der Waals surface area contributed by atoms with Crippen LogP contribution in [-0.2, 0) is 10.4 Å². The van der Waals surface area contributed by atoms with Crippen LogP contribution in [0.25, 0.3) is 0 Å². The molecule has 1 aromatic rings. The van der Waals surface area contributed by atoms with Crippen LogP contribution in [0.4, 0.5) is 0 Å². The van der Waals surface area contributed by atoms with Crippen LogP contribution >= 0.6 is 0 Å². The molecule has 0 saturated carbocycles. The Bertz CT molecular complexity index is 378. The van der Waals surface area contributed by atoms with Crippen molar-refractivity contribution in [3.05, 3.63) is 11.9 Å². The first-order chi connectivity index (χ1) is 7.23. The average Bonchev–Trinajstić information content (AvgIpc) is 2.63. The lowest BCUT2D eigenvalue weighted by Gasteiger charge is -2.16. The number of likely N-dealkylation sites (N-methyl/N-ethyl adjacent to an activating group) is 1. The predicted octanol–water partition coefficient (Wildman–Crippen LogP) is 0.155. The minimum Gasteiger partial charge on any atom is -0.384 e. The number of nitrogens with zero attached hydrogens (tertiary/aromatic N) is 4. The summed E-state index contributed by atoms with van der Waals surface area (Å²) < 4.78 is 1.45. The topological polar surface area (TPSA) is 71.2 Å². The highest BCUT2D eigenvalue weighted by atomic mass is 16.3. The molecule has 1 amide bonds. The van der Waals surface area contributed by atoms with Gasteiger partial charge in [0.15, 0.2) is 0 Å². The van der Waals surface area contributed by atoms with Crippen LogP contribution in [0.5, 0.6) is 0 Å². The van der Waals surface area contributed by atoms with Gasteiger partial charge in [0.25, 0.3) is 0 Å². The van der Waals surface area contributed by atoms with Crippen LogP contribution in [0.1, 0.15) is 32.5 Å². The van der Waals surface area contributed by atoms with E-state index in [1.807, 2.05) is 0 Å². The molecule has 1 N–H and O–H groups in total. The van der Waals surface area contributed by atoms with Gasteiger partial charge in [-0.05, 0) is 20.8 Å². The second kappa shape index (κ2) is 4.21. The van der Waals surface area contributed by atoms with Gasteiger partial charge in [-0.15, -0.1) is 5.10 Å². The molecule has 90 valence electrons. The molecule has 1 rings (SSSR count). The molecule has 6 nitrogen and oxygen atoms in total. The minimum absolute atomic E-state index is 0.0628. The maximum absolute atomic E-state index is 11.7. The van der Waals surface area contributed by atoms with E-state index in [0.29, 0.717) is 5.69 Å². The SMILES string of the molecule is CC(C(=O)N(C)C)n1cc(C(C)(C)O)nn1. The van der Waals surface area contributed by atoms with Gasteiger partial charge >= 0.3 is 0 Å². The van der Waals surface area contributed by atoms with Crippen molar-refractivity contribution in [1.29, 1.82) is 0 Å². The first-order valence-corrected chi connectivity index (χ1v) is 5.09. The summed E-state index contributed by atoms with van der Waals surface area (Å²) in [6.45, 7) is 4.99. The third-order valence-corrected chi connectivity index (χ3v) is 2.33. The number of hydrogen-bond donors (Lipinski definition) is 1. The Morgan fingerprint density at radius 1 is 1.56 bits per heavy atom. The minimum atomic E-state index is -1.04. The Kier molecular flexibility index (Phi) is 3.32. The lowest BCUT2D eigenvalue weighted by molar-refractivity contribution is -0.132. The van der Waals surface area contributed by atoms with Crippen molar-refractivity contribution < 1.29 is 9.90 Å². The molecule has 1 atom stereocenters. The molecule has 1 aromatic heterocycles. The van der Waals surface area contributed by atoms with Crippen molar-refractivity contribution in [2.24, 2.45) is 0 Å². The fraction of sp³-hybridized carbons (Fsp3) is 0.700. The summed E-state index contributed by atoms with van der Waals surface area (Å²) in [5.74, 6) is -0.0628. The van der Waals surface area contributed by atoms with Gasteiger partial charge in [-0.25, -0.2) is 4.68 Å². The highest BCUT2D eigenvalue weighted by Crippen LogP contribution is 2.17. The van der Waals surface area contributed by atoms with Crippen molar-refractivity contribution in [2.45, 2.75) is 32.4 Å². The van der Waals surface area contributed by atoms with Crippen LogP contribution in [0.2, 0.25) is 0 Å². The summed E-state index contributed by atoms with van der Waals surface area (Å²) in [6, 6.07) is -0.418. The van der Waals surface area contributed by atoms with Gasteiger partial charge in [0.05, 0.1) is 6.20 Å². The summed E-state index contributed by atoms with van der Waals surface area (Å²) in [6.07, 6.45) is 1.59. The summed E-state index contributed by atoms with van der Waals surface area (Å²) in [4.78, 5) is 13.2. The Hall–Kier alpha value is -1.43. The standard InChI is InChI=1S/C10H18N4O2/c1-7(9(15)13(4)5)14-6-8(11-12-14)10(2,3)16/h6-7,16H,1-5H3. The van der Waals surface area contributed by atoms with Crippen molar-refractivity contribution in [2.75, 3.05) is 14.1 Å². The van der Waals surface area contributed by atoms with Crippen molar-refractivity contribution in [3.63, 3.8) is 0 Å². The van der Waals surface area contributed by atoms with Crippen LogP contribution in [-0.4, -0.2) is 45.0 Å². The van der Waals surface area contributed by atoms with E-state index < -0.39 is 11.6 Å². The zero-order valence-corrected chi connectivity index (χ0v) is 10.3. The first-order valence-electron chi connectivity index (χ1n) is 5.09. The molecule has 0 radical (unpaired) electrons. The van der Waals surface area contributed by atoms with Gasteiger partial charge in [-0.1, -0.05) is 5.21 Å². The Morgan fingerprint density at radius 3 is 2.50 bits per heavy atom. The monoisotopic (exact) mass is 226 g/mol. The van der Waals surface area contributed by atoms with Gasteiger partial charge < -0.3 is 10.0 Å². The number of aromatic nitrogens is 3. The second-order valence-electron chi connectivity index (χ2n) is 4.55. The lowest BCUT2D eigenvalue weighted by atomic mass is 10.1. The van der Waals surface area contributed by atoms with Gasteiger partial charge in [0.2, 0.25) is 5.91 Å². The molecule has 1 heterocycles. The fourth-order valence-corrected chi connectivity index (χ4v) is 1.23. The smallest absolute Gasteiger partial charge is 0.246 e. The highest BCUT2D eigenvalue weighted by Gasteiger charge is 2.23. The Labute approximate surface area is 94.9 Å². The number of amides is 1. The zero-order valence-electron chi connectivity index (χ0n) is 10.3. The molecule has 1 unspecified atom stereocenters. The van der Waals surface area contributed by atoms with Gasteiger partial charge in [-0.2, -0.15) is 0 Å². The summed E-state index contributed by atoms with van der Waals surface area (Å²) in [7, 11) is 3.37. The van der Waals surface area contributed by atoms with Crippen LogP contribution < -0.4 is 0 Å². The molecule has 0 saturated heterocycles. The number of carbonyl (C=O) groups is 1. The largest absolute Gasteiger partial charge is 0.384 e. The van der Waals surface area contributed by atoms with Crippen LogP contribution in [0, 0.1) is 0 Å². The molecule has 16 heavy (non-hydrogen) atoms. The van der Waals surface area contributed by atoms with Gasteiger partial charge in [0.1, 0.15) is 17.3 Å². The number of carbonyl (C=O) groups excluding carboxylic acids is 1. The summed E-state index contributed by atoms with van der Waals surface area (Å²) in [5.41, 5.74) is -0.593. The maximum Gasteiger partial charge on any atom is 0.246 e. The quantitative estimate of drug-likeness (QED) is 0.796. The van der Waals surface area contributed by atoms with Gasteiger partial charge in [0, 0.05) is 14.1 Å². The van der Waals surface area contributed by atoms with E-state index in [9.17, 15) is 9.90 Å². The second-order valence-corrected chi connectivity index (χ2v) is 4.55. The van der Waals surface area contributed by atoms with E-state index in [0.717, 1.165) is 0 Å². The van der Waals surface area contributed by atoms with E-state index in [1.54, 1.807) is 41.1 Å². The summed E-state index contributed by atoms with van der Waals surface area (Å²) >= 11 is 0. The van der Waals surface area contributed by atoms with E-state index in [-0.39, 0.29) is 5.91 Å². The molecule has 0 bridgehead atoms.